The van der Waals surface area contributed by atoms with Gasteiger partial charge in [-0.3, -0.25) is 4.79 Å². The molecule has 0 bridgehead atoms. The molecule has 3 aromatic carbocycles. The molecule has 0 aromatic heterocycles. The van der Waals surface area contributed by atoms with Gasteiger partial charge in [0.25, 0.3) is 0 Å². The molecule has 0 aliphatic heterocycles. The SMILES string of the molecule is Cc1cc(C)c(S(=O)(=O)N[C@@H](Cc2ccccc2)C(=O)N(C)Cc2ccccc2)c(C)c1. The first-order valence-electron chi connectivity index (χ1n) is 10.6. The molecule has 0 aliphatic carbocycles. The van der Waals surface area contributed by atoms with Crippen LogP contribution in [-0.4, -0.2) is 32.3 Å². The number of carbonyl (C=O) groups is 1. The zero-order valence-electron chi connectivity index (χ0n) is 19.0. The normalized spacial score (nSPS) is 12.4. The van der Waals surface area contributed by atoms with Crippen LogP contribution < -0.4 is 4.72 Å². The second-order valence-electron chi connectivity index (χ2n) is 8.27. The van der Waals surface area contributed by atoms with Gasteiger partial charge in [0.2, 0.25) is 15.9 Å². The molecule has 32 heavy (non-hydrogen) atoms. The molecule has 0 fully saturated rings. The topological polar surface area (TPSA) is 66.5 Å². The summed E-state index contributed by atoms with van der Waals surface area (Å²) in [5, 5.41) is 0. The highest BCUT2D eigenvalue weighted by molar-refractivity contribution is 7.89. The van der Waals surface area contributed by atoms with Crippen LogP contribution in [0.5, 0.6) is 0 Å². The molecule has 6 heteroatoms. The lowest BCUT2D eigenvalue weighted by molar-refractivity contribution is -0.132. The first kappa shape index (κ1) is 23.7. The summed E-state index contributed by atoms with van der Waals surface area (Å²) in [5.41, 5.74) is 4.20. The highest BCUT2D eigenvalue weighted by atomic mass is 32.2. The molecule has 5 nitrogen and oxygen atoms in total. The lowest BCUT2D eigenvalue weighted by Crippen LogP contribution is -2.48. The van der Waals surface area contributed by atoms with Crippen molar-refractivity contribution in [3.63, 3.8) is 0 Å². The molecule has 1 amide bonds. The first-order chi connectivity index (χ1) is 15.2. The maximum Gasteiger partial charge on any atom is 0.241 e. The molecule has 1 atom stereocenters. The fraction of sp³-hybridized carbons (Fsp3) is 0.269. The Hall–Kier alpha value is -2.96. The van der Waals surface area contributed by atoms with Gasteiger partial charge in [-0.05, 0) is 49.4 Å². The van der Waals surface area contributed by atoms with Gasteiger partial charge in [-0.1, -0.05) is 78.4 Å². The number of sulfonamides is 1. The molecular weight excluding hydrogens is 420 g/mol. The number of nitrogens with one attached hydrogen (secondary N) is 1. The van der Waals surface area contributed by atoms with Crippen molar-refractivity contribution in [1.29, 1.82) is 0 Å². The van der Waals surface area contributed by atoms with Crippen molar-refractivity contribution in [3.8, 4) is 0 Å². The van der Waals surface area contributed by atoms with E-state index in [-0.39, 0.29) is 17.2 Å². The standard InChI is InChI=1S/C26H30N2O3S/c1-19-15-20(2)25(21(3)16-19)32(30,31)27-24(17-22-11-7-5-8-12-22)26(29)28(4)18-23-13-9-6-10-14-23/h5-16,24,27H,17-18H2,1-4H3/t24-/m0/s1. The van der Waals surface area contributed by atoms with Crippen LogP contribution in [0.15, 0.2) is 77.7 Å². The summed E-state index contributed by atoms with van der Waals surface area (Å²) in [6.45, 7) is 5.90. The number of hydrogen-bond donors (Lipinski definition) is 1. The largest absolute Gasteiger partial charge is 0.340 e. The number of benzene rings is 3. The van der Waals surface area contributed by atoms with Crippen molar-refractivity contribution in [2.45, 2.75) is 44.7 Å². The minimum Gasteiger partial charge on any atom is -0.340 e. The Balaban J connectivity index is 1.91. The van der Waals surface area contributed by atoms with Crippen molar-refractivity contribution in [3.05, 3.63) is 101 Å². The Labute approximate surface area is 191 Å². The number of amides is 1. The molecule has 0 saturated heterocycles. The summed E-state index contributed by atoms with van der Waals surface area (Å²) >= 11 is 0. The highest BCUT2D eigenvalue weighted by Gasteiger charge is 2.30. The Morgan fingerprint density at radius 1 is 0.875 bits per heavy atom. The molecule has 3 aromatic rings. The van der Waals surface area contributed by atoms with E-state index < -0.39 is 16.1 Å². The van der Waals surface area contributed by atoms with Crippen LogP contribution in [0.2, 0.25) is 0 Å². The van der Waals surface area contributed by atoms with E-state index in [1.54, 1.807) is 25.8 Å². The fourth-order valence-electron chi connectivity index (χ4n) is 4.07. The van der Waals surface area contributed by atoms with Crippen LogP contribution in [-0.2, 0) is 27.8 Å². The van der Waals surface area contributed by atoms with Crippen LogP contribution in [0.1, 0.15) is 27.8 Å². The predicted molar refractivity (Wildman–Crippen MR) is 128 cm³/mol. The Bertz CT molecular complexity index is 1150. The number of likely N-dealkylation sites (N-methyl/N-ethyl adjacent to an activating group) is 1. The van der Waals surface area contributed by atoms with E-state index in [0.29, 0.717) is 17.7 Å². The van der Waals surface area contributed by atoms with E-state index in [1.165, 1.54) is 0 Å². The average Bonchev–Trinajstić information content (AvgIpc) is 2.73. The van der Waals surface area contributed by atoms with Gasteiger partial charge in [-0.25, -0.2) is 8.42 Å². The monoisotopic (exact) mass is 450 g/mol. The van der Waals surface area contributed by atoms with Crippen LogP contribution in [0, 0.1) is 20.8 Å². The summed E-state index contributed by atoms with van der Waals surface area (Å²) in [6, 6.07) is 21.9. The van der Waals surface area contributed by atoms with Crippen molar-refractivity contribution in [1.82, 2.24) is 9.62 Å². The third-order valence-corrected chi connectivity index (χ3v) is 7.17. The van der Waals surface area contributed by atoms with Crippen molar-refractivity contribution in [2.75, 3.05) is 7.05 Å². The van der Waals surface area contributed by atoms with Crippen molar-refractivity contribution >= 4 is 15.9 Å². The van der Waals surface area contributed by atoms with Crippen LogP contribution in [0.3, 0.4) is 0 Å². The van der Waals surface area contributed by atoms with Gasteiger partial charge in [0.15, 0.2) is 0 Å². The van der Waals surface area contributed by atoms with Gasteiger partial charge in [0, 0.05) is 13.6 Å². The molecule has 168 valence electrons. The maximum absolute atomic E-state index is 13.4. The Kier molecular flexibility index (Phi) is 7.48. The zero-order valence-corrected chi connectivity index (χ0v) is 19.8. The van der Waals surface area contributed by atoms with E-state index in [1.807, 2.05) is 79.7 Å². The number of nitrogens with zero attached hydrogens (tertiary/aromatic N) is 1. The first-order valence-corrected chi connectivity index (χ1v) is 12.1. The minimum atomic E-state index is -3.91. The van der Waals surface area contributed by atoms with Crippen molar-refractivity contribution in [2.24, 2.45) is 0 Å². The number of rotatable bonds is 8. The van der Waals surface area contributed by atoms with E-state index in [4.69, 9.17) is 0 Å². The smallest absolute Gasteiger partial charge is 0.241 e. The molecule has 0 aliphatic rings. The van der Waals surface area contributed by atoms with Crippen LogP contribution in [0.25, 0.3) is 0 Å². The summed E-state index contributed by atoms with van der Waals surface area (Å²) < 4.78 is 29.5. The second kappa shape index (κ2) is 10.1. The molecule has 3 rings (SSSR count). The average molecular weight is 451 g/mol. The molecule has 1 N–H and O–H groups in total. The summed E-state index contributed by atoms with van der Waals surface area (Å²) in [4.78, 5) is 15.2. The van der Waals surface area contributed by atoms with Crippen LogP contribution >= 0.6 is 0 Å². The molecule has 0 heterocycles. The molecule has 0 unspecified atom stereocenters. The third-order valence-electron chi connectivity index (χ3n) is 5.39. The number of aryl methyl sites for hydroxylation is 3. The Morgan fingerprint density at radius 3 is 1.91 bits per heavy atom. The summed E-state index contributed by atoms with van der Waals surface area (Å²) in [7, 11) is -2.21. The van der Waals surface area contributed by atoms with E-state index in [0.717, 1.165) is 16.7 Å². The second-order valence-corrected chi connectivity index (χ2v) is 9.92. The molecule has 0 saturated carbocycles. The molecule has 0 radical (unpaired) electrons. The van der Waals surface area contributed by atoms with Gasteiger partial charge >= 0.3 is 0 Å². The summed E-state index contributed by atoms with van der Waals surface area (Å²) in [6.07, 6.45) is 0.266. The quantitative estimate of drug-likeness (QED) is 0.560. The Morgan fingerprint density at radius 2 is 1.38 bits per heavy atom. The maximum atomic E-state index is 13.4. The van der Waals surface area contributed by atoms with Crippen LogP contribution in [0.4, 0.5) is 0 Å². The number of hydrogen-bond acceptors (Lipinski definition) is 3. The number of carbonyl (C=O) groups excluding carboxylic acids is 1. The fourth-order valence-corrected chi connectivity index (χ4v) is 5.71. The molecule has 0 spiro atoms. The van der Waals surface area contributed by atoms with Gasteiger partial charge in [-0.2, -0.15) is 4.72 Å². The zero-order chi connectivity index (χ0) is 23.3. The third kappa shape index (κ3) is 5.84. The van der Waals surface area contributed by atoms with E-state index in [9.17, 15) is 13.2 Å². The van der Waals surface area contributed by atoms with Gasteiger partial charge in [-0.15, -0.1) is 0 Å². The predicted octanol–water partition coefficient (Wildman–Crippen LogP) is 4.16. The lowest BCUT2D eigenvalue weighted by Gasteiger charge is -2.25. The summed E-state index contributed by atoms with van der Waals surface area (Å²) in [5.74, 6) is -0.274. The lowest BCUT2D eigenvalue weighted by atomic mass is 10.1. The van der Waals surface area contributed by atoms with E-state index in [2.05, 4.69) is 4.72 Å². The minimum absolute atomic E-state index is 0.236. The van der Waals surface area contributed by atoms with E-state index >= 15 is 0 Å². The highest BCUT2D eigenvalue weighted by Crippen LogP contribution is 2.22. The van der Waals surface area contributed by atoms with Gasteiger partial charge in [0.05, 0.1) is 4.90 Å². The van der Waals surface area contributed by atoms with Gasteiger partial charge in [0.1, 0.15) is 6.04 Å². The van der Waals surface area contributed by atoms with Crippen molar-refractivity contribution < 1.29 is 13.2 Å². The molecular formula is C26H30N2O3S. The van der Waals surface area contributed by atoms with Gasteiger partial charge < -0.3 is 4.90 Å².